The highest BCUT2D eigenvalue weighted by atomic mass is 16.6. The highest BCUT2D eigenvalue weighted by molar-refractivity contribution is 6.05. The zero-order valence-electron chi connectivity index (χ0n) is 16.5. The van der Waals surface area contributed by atoms with E-state index in [9.17, 15) is 15.2 Å². The summed E-state index contributed by atoms with van der Waals surface area (Å²) in [6.45, 7) is 6.64. The van der Waals surface area contributed by atoms with E-state index in [0.29, 0.717) is 0 Å². The number of hydrogen-bond acceptors (Lipinski definition) is 5. The van der Waals surface area contributed by atoms with Crippen molar-refractivity contribution in [1.29, 1.82) is 0 Å². The molecule has 4 aliphatic heterocycles. The number of nitrogens with zero attached hydrogens (tertiary/aromatic N) is 3. The second kappa shape index (κ2) is 7.28. The first kappa shape index (κ1) is 18.9. The van der Waals surface area contributed by atoms with E-state index in [1.807, 2.05) is 18.2 Å². The maximum atomic E-state index is 11.0. The molecule has 0 spiro atoms. The van der Waals surface area contributed by atoms with Crippen LogP contribution in [0.4, 0.5) is 5.69 Å². The van der Waals surface area contributed by atoms with Crippen LogP contribution in [0.2, 0.25) is 0 Å². The van der Waals surface area contributed by atoms with Crippen molar-refractivity contribution in [3.8, 4) is 5.75 Å². The van der Waals surface area contributed by atoms with Gasteiger partial charge in [0.1, 0.15) is 25.4 Å². The number of nitrogens with one attached hydrogen (secondary N) is 3. The maximum absolute atomic E-state index is 11.0. The number of nitro groups is 1. The molecule has 4 saturated heterocycles. The van der Waals surface area contributed by atoms with Crippen molar-refractivity contribution in [2.24, 2.45) is 15.6 Å². The van der Waals surface area contributed by atoms with Crippen LogP contribution in [0, 0.1) is 15.5 Å². The number of phenolic OH excluding ortho intramolecular Hbond substituents is 1. The predicted octanol–water partition coefficient (Wildman–Crippen LogP) is -2.32. The van der Waals surface area contributed by atoms with Crippen molar-refractivity contribution < 1.29 is 24.7 Å². The van der Waals surface area contributed by atoms with Gasteiger partial charge in [0.05, 0.1) is 16.8 Å². The van der Waals surface area contributed by atoms with E-state index in [-0.39, 0.29) is 22.4 Å². The number of benzene rings is 2. The smallest absolute Gasteiger partial charge is 0.270 e. The molecule has 154 valence electrons. The van der Waals surface area contributed by atoms with E-state index < -0.39 is 4.92 Å². The number of hydrogen-bond donors (Lipinski definition) is 4. The van der Waals surface area contributed by atoms with Crippen LogP contribution in [-0.2, 0) is 0 Å². The minimum atomic E-state index is -0.490. The Kier molecular flexibility index (Phi) is 4.58. The third kappa shape index (κ3) is 3.36. The monoisotopic (exact) mass is 409 g/mol. The summed E-state index contributed by atoms with van der Waals surface area (Å²) in [6, 6.07) is 14.0. The molecule has 0 unspecified atom stereocenters. The average Bonchev–Trinajstić information content (AvgIpc) is 2.71. The van der Waals surface area contributed by atoms with Crippen LogP contribution in [0.25, 0.3) is 0 Å². The lowest BCUT2D eigenvalue weighted by molar-refractivity contribution is -1.30. The molecule has 4 bridgehead atoms. The predicted molar refractivity (Wildman–Crippen MR) is 110 cm³/mol. The summed E-state index contributed by atoms with van der Waals surface area (Å²) < 4.78 is 0. The number of nitro benzene ring substituents is 1. The lowest BCUT2D eigenvalue weighted by atomic mass is 9.74. The number of rotatable bonds is 5. The SMILES string of the molecule is O=[N+]([O-])c1ccc(O)c(/C=N/N=C(c2ccccc2)C23C[NH+]4C[NH+](C[NH+](C4)C2)C3)c1. The zero-order valence-corrected chi connectivity index (χ0v) is 16.5. The summed E-state index contributed by atoms with van der Waals surface area (Å²) in [7, 11) is 0. The van der Waals surface area contributed by atoms with Gasteiger partial charge in [-0.25, -0.2) is 14.7 Å². The maximum Gasteiger partial charge on any atom is 0.270 e. The molecule has 9 heteroatoms. The largest absolute Gasteiger partial charge is 0.507 e. The van der Waals surface area contributed by atoms with E-state index in [4.69, 9.17) is 0 Å². The van der Waals surface area contributed by atoms with Crippen molar-refractivity contribution in [3.05, 3.63) is 69.8 Å². The minimum absolute atomic E-state index is 0.0435. The zero-order chi connectivity index (χ0) is 20.7. The Balaban J connectivity index is 1.52. The van der Waals surface area contributed by atoms with Gasteiger partial charge in [-0.3, -0.25) is 10.1 Å². The van der Waals surface area contributed by atoms with Gasteiger partial charge >= 0.3 is 0 Å². The molecule has 4 heterocycles. The van der Waals surface area contributed by atoms with Gasteiger partial charge in [0.25, 0.3) is 5.69 Å². The quantitative estimate of drug-likeness (QED) is 0.253. The first-order valence-electron chi connectivity index (χ1n) is 10.2. The molecule has 4 aliphatic rings. The highest BCUT2D eigenvalue weighted by Gasteiger charge is 2.60. The van der Waals surface area contributed by atoms with Gasteiger partial charge in [0.2, 0.25) is 20.0 Å². The lowest BCUT2D eigenvalue weighted by Gasteiger charge is -2.52. The summed E-state index contributed by atoms with van der Waals surface area (Å²) in [5, 5.41) is 30.0. The first-order chi connectivity index (χ1) is 14.5. The molecule has 4 N–H and O–H groups in total. The average molecular weight is 409 g/mol. The summed E-state index contributed by atoms with van der Waals surface area (Å²) in [5.41, 5.74) is 2.17. The van der Waals surface area contributed by atoms with E-state index in [2.05, 4.69) is 22.3 Å². The fourth-order valence-corrected chi connectivity index (χ4v) is 5.47. The standard InChI is InChI=1S/C21H22N6O3/c28-19-7-6-18(27(29)30)8-17(19)9-22-23-20(16-4-2-1-3-5-16)21-10-24-13-25(11-21)15-26(12-21)14-24/h1-9,28H,10-15H2/p+3/b22-9+,23-20?. The topological polar surface area (TPSA) is 101 Å². The lowest BCUT2D eigenvalue weighted by Crippen LogP contribution is -3.56. The first-order valence-corrected chi connectivity index (χ1v) is 10.2. The minimum Gasteiger partial charge on any atom is -0.507 e. The van der Waals surface area contributed by atoms with E-state index in [1.165, 1.54) is 24.4 Å². The van der Waals surface area contributed by atoms with Crippen LogP contribution in [0.15, 0.2) is 58.7 Å². The van der Waals surface area contributed by atoms with Crippen molar-refractivity contribution >= 4 is 17.6 Å². The van der Waals surface area contributed by atoms with Crippen LogP contribution in [0.5, 0.6) is 5.75 Å². The Morgan fingerprint density at radius 2 is 1.67 bits per heavy atom. The van der Waals surface area contributed by atoms with Crippen molar-refractivity contribution in [3.63, 3.8) is 0 Å². The van der Waals surface area contributed by atoms with Gasteiger partial charge in [0, 0.05) is 17.7 Å². The number of aromatic hydroxyl groups is 1. The third-order valence-corrected chi connectivity index (χ3v) is 6.39. The summed E-state index contributed by atoms with van der Waals surface area (Å²) >= 11 is 0. The Bertz CT molecular complexity index is 1000. The molecule has 2 aromatic carbocycles. The summed E-state index contributed by atoms with van der Waals surface area (Å²) in [6.07, 6.45) is 1.40. The molecule has 6 rings (SSSR count). The Morgan fingerprint density at radius 1 is 1.03 bits per heavy atom. The number of phenols is 1. The second-order valence-electron chi connectivity index (χ2n) is 8.65. The van der Waals surface area contributed by atoms with Gasteiger partial charge in [-0.15, -0.1) is 0 Å². The summed E-state index contributed by atoms with van der Waals surface area (Å²) in [5.74, 6) is -0.0581. The molecular formula is C21H25N6O3+3. The van der Waals surface area contributed by atoms with Crippen LogP contribution in [0.1, 0.15) is 11.1 Å². The normalized spacial score (nSPS) is 30.1. The van der Waals surface area contributed by atoms with Gasteiger partial charge in [-0.05, 0) is 11.6 Å². The van der Waals surface area contributed by atoms with Gasteiger partial charge < -0.3 is 5.11 Å². The van der Waals surface area contributed by atoms with Gasteiger partial charge in [-0.1, -0.05) is 30.3 Å². The fourth-order valence-electron chi connectivity index (χ4n) is 5.47. The van der Waals surface area contributed by atoms with Gasteiger partial charge in [0.15, 0.2) is 5.41 Å². The third-order valence-electron chi connectivity index (χ3n) is 6.39. The van der Waals surface area contributed by atoms with Crippen LogP contribution in [0.3, 0.4) is 0 Å². The molecule has 0 aromatic heterocycles. The van der Waals surface area contributed by atoms with Crippen LogP contribution >= 0.6 is 0 Å². The molecular weight excluding hydrogens is 384 g/mol. The van der Waals surface area contributed by atoms with Crippen LogP contribution < -0.4 is 14.7 Å². The molecule has 4 fully saturated rings. The van der Waals surface area contributed by atoms with E-state index >= 15 is 0 Å². The number of quaternary nitrogens is 3. The van der Waals surface area contributed by atoms with Crippen molar-refractivity contribution in [1.82, 2.24) is 0 Å². The van der Waals surface area contributed by atoms with Crippen molar-refractivity contribution in [2.75, 3.05) is 39.6 Å². The molecule has 2 aromatic rings. The summed E-state index contributed by atoms with van der Waals surface area (Å²) in [4.78, 5) is 15.4. The molecule has 0 saturated carbocycles. The van der Waals surface area contributed by atoms with Crippen LogP contribution in [-0.4, -0.2) is 61.6 Å². The van der Waals surface area contributed by atoms with Crippen molar-refractivity contribution in [2.45, 2.75) is 0 Å². The molecule has 0 amide bonds. The molecule has 9 nitrogen and oxygen atoms in total. The Morgan fingerprint density at radius 3 is 2.27 bits per heavy atom. The molecule has 0 radical (unpaired) electrons. The highest BCUT2D eigenvalue weighted by Crippen LogP contribution is 2.24. The number of non-ortho nitro benzene ring substituents is 1. The van der Waals surface area contributed by atoms with Gasteiger partial charge in [-0.2, -0.15) is 10.2 Å². The second-order valence-corrected chi connectivity index (χ2v) is 8.65. The Hall–Kier alpha value is -3.14. The fraction of sp³-hybridized carbons (Fsp3) is 0.333. The molecule has 30 heavy (non-hydrogen) atoms. The molecule has 0 atom stereocenters. The van der Waals surface area contributed by atoms with E-state index in [0.717, 1.165) is 50.9 Å². The Labute approximate surface area is 173 Å². The van der Waals surface area contributed by atoms with E-state index in [1.54, 1.807) is 14.7 Å². The molecule has 0 aliphatic carbocycles.